The van der Waals surface area contributed by atoms with Crippen molar-refractivity contribution in [2.45, 2.75) is 51.9 Å². The molecule has 2 aliphatic heterocycles. The summed E-state index contributed by atoms with van der Waals surface area (Å²) in [6.07, 6.45) is 8.09. The number of likely N-dealkylation sites (tertiary alicyclic amines) is 1. The smallest absolute Gasteiger partial charge is 0.230 e. The monoisotopic (exact) mass is 238 g/mol. The molecule has 1 N–H and O–H groups in total. The van der Waals surface area contributed by atoms with Gasteiger partial charge in [-0.25, -0.2) is 0 Å². The van der Waals surface area contributed by atoms with Crippen LogP contribution < -0.4 is 5.32 Å². The summed E-state index contributed by atoms with van der Waals surface area (Å²) in [5.74, 6) is 0.436. The fourth-order valence-corrected chi connectivity index (χ4v) is 3.38. The SMILES string of the molecule is CCCC1(C(=O)N2CCCCC2)CCCNC1. The van der Waals surface area contributed by atoms with E-state index in [1.807, 2.05) is 0 Å². The number of nitrogens with zero attached hydrogens (tertiary/aromatic N) is 1. The minimum Gasteiger partial charge on any atom is -0.342 e. The first-order chi connectivity index (χ1) is 8.28. The van der Waals surface area contributed by atoms with Gasteiger partial charge in [0.1, 0.15) is 0 Å². The molecule has 1 atom stereocenters. The summed E-state index contributed by atoms with van der Waals surface area (Å²) in [7, 11) is 0. The van der Waals surface area contributed by atoms with Crippen molar-refractivity contribution in [2.75, 3.05) is 26.2 Å². The number of piperidine rings is 2. The molecule has 0 spiro atoms. The van der Waals surface area contributed by atoms with Crippen molar-refractivity contribution in [1.29, 1.82) is 0 Å². The largest absolute Gasteiger partial charge is 0.342 e. The number of carbonyl (C=O) groups excluding carboxylic acids is 1. The molecule has 0 bridgehead atoms. The quantitative estimate of drug-likeness (QED) is 0.817. The number of nitrogens with one attached hydrogen (secondary N) is 1. The van der Waals surface area contributed by atoms with Gasteiger partial charge in [0.2, 0.25) is 5.91 Å². The standard InChI is InChI=1S/C14H26N2O/c1-2-7-14(8-6-9-15-12-14)13(17)16-10-4-3-5-11-16/h15H,2-12H2,1H3. The van der Waals surface area contributed by atoms with Crippen LogP contribution >= 0.6 is 0 Å². The number of rotatable bonds is 3. The van der Waals surface area contributed by atoms with E-state index in [1.54, 1.807) is 0 Å². The zero-order valence-corrected chi connectivity index (χ0v) is 11.1. The fraction of sp³-hybridized carbons (Fsp3) is 0.929. The van der Waals surface area contributed by atoms with E-state index in [2.05, 4.69) is 17.1 Å². The van der Waals surface area contributed by atoms with E-state index in [4.69, 9.17) is 0 Å². The lowest BCUT2D eigenvalue weighted by molar-refractivity contribution is -0.144. The van der Waals surface area contributed by atoms with Crippen LogP contribution in [0.4, 0.5) is 0 Å². The van der Waals surface area contributed by atoms with Crippen LogP contribution in [0.5, 0.6) is 0 Å². The van der Waals surface area contributed by atoms with Crippen LogP contribution in [-0.4, -0.2) is 37.0 Å². The predicted octanol–water partition coefficient (Wildman–Crippen LogP) is 2.17. The molecule has 0 aromatic rings. The van der Waals surface area contributed by atoms with Crippen LogP contribution in [0.1, 0.15) is 51.9 Å². The molecule has 0 radical (unpaired) electrons. The molecule has 2 rings (SSSR count). The first kappa shape index (κ1) is 12.9. The molecule has 2 saturated heterocycles. The molecule has 3 heteroatoms. The molecule has 2 fully saturated rings. The minimum absolute atomic E-state index is 0.0790. The third-order valence-corrected chi connectivity index (χ3v) is 4.30. The Morgan fingerprint density at radius 3 is 2.59 bits per heavy atom. The highest BCUT2D eigenvalue weighted by molar-refractivity contribution is 5.83. The van der Waals surface area contributed by atoms with Crippen LogP contribution in [0.15, 0.2) is 0 Å². The lowest BCUT2D eigenvalue weighted by Crippen LogP contribution is -2.53. The van der Waals surface area contributed by atoms with Gasteiger partial charge in [-0.05, 0) is 45.1 Å². The minimum atomic E-state index is -0.0790. The molecule has 17 heavy (non-hydrogen) atoms. The number of hydrogen-bond acceptors (Lipinski definition) is 2. The highest BCUT2D eigenvalue weighted by Crippen LogP contribution is 2.34. The van der Waals surface area contributed by atoms with Gasteiger partial charge in [0.05, 0.1) is 5.41 Å². The Morgan fingerprint density at radius 2 is 2.00 bits per heavy atom. The predicted molar refractivity (Wildman–Crippen MR) is 69.9 cm³/mol. The van der Waals surface area contributed by atoms with Gasteiger partial charge in [0.25, 0.3) is 0 Å². The van der Waals surface area contributed by atoms with Crippen molar-refractivity contribution in [3.63, 3.8) is 0 Å². The summed E-state index contributed by atoms with van der Waals surface area (Å²) in [5.41, 5.74) is -0.0790. The van der Waals surface area contributed by atoms with Crippen molar-refractivity contribution in [2.24, 2.45) is 5.41 Å². The first-order valence-electron chi connectivity index (χ1n) is 7.29. The third kappa shape index (κ3) is 2.82. The topological polar surface area (TPSA) is 32.3 Å². The van der Waals surface area contributed by atoms with Crippen molar-refractivity contribution >= 4 is 5.91 Å². The van der Waals surface area contributed by atoms with Crippen molar-refractivity contribution in [3.05, 3.63) is 0 Å². The molecule has 98 valence electrons. The van der Waals surface area contributed by atoms with Crippen LogP contribution in [0.2, 0.25) is 0 Å². The van der Waals surface area contributed by atoms with Gasteiger partial charge in [0.15, 0.2) is 0 Å². The van der Waals surface area contributed by atoms with Crippen LogP contribution in [-0.2, 0) is 4.79 Å². The Kier molecular flexibility index (Phi) is 4.43. The summed E-state index contributed by atoms with van der Waals surface area (Å²) >= 11 is 0. The average Bonchev–Trinajstić information content (AvgIpc) is 2.40. The molecular formula is C14H26N2O. The van der Waals surface area contributed by atoms with E-state index in [-0.39, 0.29) is 5.41 Å². The first-order valence-corrected chi connectivity index (χ1v) is 7.29. The Balaban J connectivity index is 2.05. The summed E-state index contributed by atoms with van der Waals surface area (Å²) in [4.78, 5) is 14.9. The zero-order valence-electron chi connectivity index (χ0n) is 11.1. The Hall–Kier alpha value is -0.570. The van der Waals surface area contributed by atoms with E-state index in [1.165, 1.54) is 19.3 Å². The molecule has 2 heterocycles. The van der Waals surface area contributed by atoms with E-state index in [9.17, 15) is 4.79 Å². The van der Waals surface area contributed by atoms with Crippen molar-refractivity contribution in [1.82, 2.24) is 10.2 Å². The van der Waals surface area contributed by atoms with Gasteiger partial charge in [0, 0.05) is 19.6 Å². The lowest BCUT2D eigenvalue weighted by Gasteiger charge is -2.41. The third-order valence-electron chi connectivity index (χ3n) is 4.30. The Morgan fingerprint density at radius 1 is 1.24 bits per heavy atom. The van der Waals surface area contributed by atoms with Gasteiger partial charge >= 0.3 is 0 Å². The normalized spacial score (nSPS) is 30.3. The lowest BCUT2D eigenvalue weighted by atomic mass is 9.75. The molecular weight excluding hydrogens is 212 g/mol. The molecule has 0 aliphatic carbocycles. The number of carbonyl (C=O) groups is 1. The molecule has 3 nitrogen and oxygen atoms in total. The highest BCUT2D eigenvalue weighted by atomic mass is 16.2. The maximum Gasteiger partial charge on any atom is 0.230 e. The van der Waals surface area contributed by atoms with Crippen molar-refractivity contribution < 1.29 is 4.79 Å². The Labute approximate surface area is 105 Å². The van der Waals surface area contributed by atoms with Crippen LogP contribution in [0.25, 0.3) is 0 Å². The maximum absolute atomic E-state index is 12.8. The van der Waals surface area contributed by atoms with Crippen LogP contribution in [0.3, 0.4) is 0 Å². The maximum atomic E-state index is 12.8. The Bertz CT molecular complexity index is 247. The van der Waals surface area contributed by atoms with Gasteiger partial charge in [-0.3, -0.25) is 4.79 Å². The van der Waals surface area contributed by atoms with Crippen LogP contribution in [0, 0.1) is 5.41 Å². The summed E-state index contributed by atoms with van der Waals surface area (Å²) in [6.45, 7) is 6.16. The fourth-order valence-electron chi connectivity index (χ4n) is 3.38. The number of amides is 1. The molecule has 1 unspecified atom stereocenters. The van der Waals surface area contributed by atoms with E-state index < -0.39 is 0 Å². The molecule has 0 saturated carbocycles. The van der Waals surface area contributed by atoms with E-state index in [0.717, 1.165) is 51.9 Å². The summed E-state index contributed by atoms with van der Waals surface area (Å²) in [6, 6.07) is 0. The number of hydrogen-bond donors (Lipinski definition) is 1. The molecule has 1 amide bonds. The van der Waals surface area contributed by atoms with E-state index in [0.29, 0.717) is 5.91 Å². The van der Waals surface area contributed by atoms with Gasteiger partial charge in [-0.1, -0.05) is 13.3 Å². The molecule has 0 aromatic heterocycles. The van der Waals surface area contributed by atoms with E-state index >= 15 is 0 Å². The summed E-state index contributed by atoms with van der Waals surface area (Å²) in [5, 5.41) is 3.43. The molecule has 2 aliphatic rings. The van der Waals surface area contributed by atoms with Gasteiger partial charge in [-0.2, -0.15) is 0 Å². The molecule has 0 aromatic carbocycles. The second-order valence-corrected chi connectivity index (χ2v) is 5.66. The second-order valence-electron chi connectivity index (χ2n) is 5.66. The summed E-state index contributed by atoms with van der Waals surface area (Å²) < 4.78 is 0. The zero-order chi connectivity index (χ0) is 12.1. The van der Waals surface area contributed by atoms with Gasteiger partial charge in [-0.15, -0.1) is 0 Å². The highest BCUT2D eigenvalue weighted by Gasteiger charge is 2.41. The second kappa shape index (κ2) is 5.85. The van der Waals surface area contributed by atoms with Crippen molar-refractivity contribution in [3.8, 4) is 0 Å². The van der Waals surface area contributed by atoms with Gasteiger partial charge < -0.3 is 10.2 Å². The average molecular weight is 238 g/mol.